The lowest BCUT2D eigenvalue weighted by atomic mass is 10.2. The summed E-state index contributed by atoms with van der Waals surface area (Å²) in [5.41, 5.74) is 0.135. The summed E-state index contributed by atoms with van der Waals surface area (Å²) in [6, 6.07) is 0. The second-order valence-corrected chi connectivity index (χ2v) is 4.98. The zero-order valence-corrected chi connectivity index (χ0v) is 12.9. The summed E-state index contributed by atoms with van der Waals surface area (Å²) in [5, 5.41) is 2.67. The summed E-state index contributed by atoms with van der Waals surface area (Å²) in [6.07, 6.45) is 1.42. The smallest absolute Gasteiger partial charge is 0.274 e. The minimum absolute atomic E-state index is 0.0246. The van der Waals surface area contributed by atoms with Crippen LogP contribution in [0, 0.1) is 0 Å². The third kappa shape index (κ3) is 3.90. The number of nitrogens with one attached hydrogen (secondary N) is 1. The first-order valence-corrected chi connectivity index (χ1v) is 6.80. The number of rotatable bonds is 5. The van der Waals surface area contributed by atoms with Gasteiger partial charge in [-0.15, -0.1) is 0 Å². The van der Waals surface area contributed by atoms with E-state index in [1.54, 1.807) is 6.92 Å². The minimum Gasteiger partial charge on any atom is -0.358 e. The molecule has 0 aliphatic carbocycles. The van der Waals surface area contributed by atoms with Gasteiger partial charge in [0.15, 0.2) is 5.69 Å². The van der Waals surface area contributed by atoms with E-state index in [2.05, 4.69) is 15.3 Å². The Morgan fingerprint density at radius 2 is 2.10 bits per heavy atom. The van der Waals surface area contributed by atoms with E-state index in [0.717, 1.165) is 0 Å². The Balaban J connectivity index is 3.05. The molecule has 1 N–H and O–H groups in total. The number of hydrogen-bond donors (Lipinski definition) is 1. The van der Waals surface area contributed by atoms with E-state index in [-0.39, 0.29) is 35.0 Å². The SMILES string of the molecule is CCN(CC(=O)NC)C(=O)c1nc(C(C)C)ncc1Cl. The Bertz CT molecular complexity index is 505. The molecule has 2 amide bonds. The minimum atomic E-state index is -0.370. The predicted molar refractivity (Wildman–Crippen MR) is 76.8 cm³/mol. The van der Waals surface area contributed by atoms with Crippen LogP contribution in [-0.2, 0) is 4.79 Å². The van der Waals surface area contributed by atoms with Crippen molar-refractivity contribution in [3.8, 4) is 0 Å². The molecule has 1 aromatic heterocycles. The van der Waals surface area contributed by atoms with Gasteiger partial charge in [-0.3, -0.25) is 9.59 Å². The first-order chi connectivity index (χ1) is 9.40. The lowest BCUT2D eigenvalue weighted by Gasteiger charge is -2.20. The van der Waals surface area contributed by atoms with Crippen molar-refractivity contribution in [2.24, 2.45) is 0 Å². The number of aromatic nitrogens is 2. The number of hydrogen-bond acceptors (Lipinski definition) is 4. The van der Waals surface area contributed by atoms with E-state index in [1.807, 2.05) is 13.8 Å². The highest BCUT2D eigenvalue weighted by Gasteiger charge is 2.22. The maximum atomic E-state index is 12.4. The van der Waals surface area contributed by atoms with Crippen molar-refractivity contribution >= 4 is 23.4 Å². The van der Waals surface area contributed by atoms with Gasteiger partial charge in [0, 0.05) is 19.5 Å². The Labute approximate surface area is 123 Å². The molecule has 0 radical (unpaired) electrons. The average Bonchev–Trinajstić information content (AvgIpc) is 2.43. The number of amides is 2. The summed E-state index contributed by atoms with van der Waals surface area (Å²) in [5.74, 6) is 0.0291. The van der Waals surface area contributed by atoms with Crippen molar-refractivity contribution in [3.05, 3.63) is 22.7 Å². The molecule has 1 aromatic rings. The normalized spacial score (nSPS) is 10.5. The van der Waals surface area contributed by atoms with Crippen molar-refractivity contribution in [1.82, 2.24) is 20.2 Å². The standard InChI is InChI=1S/C13H19ClN4O2/c1-5-18(7-10(19)15-4)13(20)11-9(14)6-16-12(17-11)8(2)3/h6,8H,5,7H2,1-4H3,(H,15,19). The van der Waals surface area contributed by atoms with Crippen LogP contribution in [0.1, 0.15) is 43.0 Å². The molecular weight excluding hydrogens is 280 g/mol. The molecule has 110 valence electrons. The maximum absolute atomic E-state index is 12.4. The Kier molecular flexibility index (Phi) is 5.88. The Morgan fingerprint density at radius 3 is 2.60 bits per heavy atom. The maximum Gasteiger partial charge on any atom is 0.274 e. The van der Waals surface area contributed by atoms with E-state index in [9.17, 15) is 9.59 Å². The summed E-state index contributed by atoms with van der Waals surface area (Å²) in [7, 11) is 1.52. The molecule has 0 fully saturated rings. The second kappa shape index (κ2) is 7.19. The number of carbonyl (C=O) groups is 2. The number of likely N-dealkylation sites (N-methyl/N-ethyl adjacent to an activating group) is 2. The highest BCUT2D eigenvalue weighted by Crippen LogP contribution is 2.17. The summed E-state index contributed by atoms with van der Waals surface area (Å²) >= 11 is 5.99. The predicted octanol–water partition coefficient (Wildman–Crippen LogP) is 1.46. The van der Waals surface area contributed by atoms with Crippen LogP contribution in [0.3, 0.4) is 0 Å². The van der Waals surface area contributed by atoms with Crippen LogP contribution in [0.4, 0.5) is 0 Å². The topological polar surface area (TPSA) is 75.2 Å². The summed E-state index contributed by atoms with van der Waals surface area (Å²) < 4.78 is 0. The average molecular weight is 299 g/mol. The lowest BCUT2D eigenvalue weighted by molar-refractivity contribution is -0.121. The van der Waals surface area contributed by atoms with Crippen LogP contribution in [0.15, 0.2) is 6.20 Å². The summed E-state index contributed by atoms with van der Waals surface area (Å²) in [6.45, 7) is 6.02. The highest BCUT2D eigenvalue weighted by atomic mass is 35.5. The van der Waals surface area contributed by atoms with Gasteiger partial charge in [-0.2, -0.15) is 0 Å². The quantitative estimate of drug-likeness (QED) is 0.893. The molecule has 0 bridgehead atoms. The Hall–Kier alpha value is -1.69. The highest BCUT2D eigenvalue weighted by molar-refractivity contribution is 6.33. The molecule has 7 heteroatoms. The van der Waals surface area contributed by atoms with Crippen LogP contribution < -0.4 is 5.32 Å². The number of carbonyl (C=O) groups excluding carboxylic acids is 2. The molecular formula is C13H19ClN4O2. The summed E-state index contributed by atoms with van der Waals surface area (Å²) in [4.78, 5) is 33.5. The van der Waals surface area contributed by atoms with E-state index >= 15 is 0 Å². The van der Waals surface area contributed by atoms with Gasteiger partial charge in [0.25, 0.3) is 5.91 Å². The molecule has 0 saturated carbocycles. The van der Waals surface area contributed by atoms with Crippen LogP contribution >= 0.6 is 11.6 Å². The Morgan fingerprint density at radius 1 is 1.45 bits per heavy atom. The van der Waals surface area contributed by atoms with Crippen molar-refractivity contribution in [2.75, 3.05) is 20.1 Å². The van der Waals surface area contributed by atoms with Crippen molar-refractivity contribution in [3.63, 3.8) is 0 Å². The van der Waals surface area contributed by atoms with Gasteiger partial charge >= 0.3 is 0 Å². The lowest BCUT2D eigenvalue weighted by Crippen LogP contribution is -2.40. The molecule has 20 heavy (non-hydrogen) atoms. The number of halogens is 1. The van der Waals surface area contributed by atoms with Gasteiger partial charge in [0.1, 0.15) is 5.82 Å². The zero-order valence-electron chi connectivity index (χ0n) is 12.1. The van der Waals surface area contributed by atoms with Crippen LogP contribution in [0.25, 0.3) is 0 Å². The van der Waals surface area contributed by atoms with Gasteiger partial charge in [-0.05, 0) is 6.92 Å². The fraction of sp³-hybridized carbons (Fsp3) is 0.538. The van der Waals surface area contributed by atoms with Gasteiger partial charge in [-0.1, -0.05) is 25.4 Å². The van der Waals surface area contributed by atoms with E-state index in [0.29, 0.717) is 12.4 Å². The fourth-order valence-corrected chi connectivity index (χ4v) is 1.71. The molecule has 0 aromatic carbocycles. The van der Waals surface area contributed by atoms with Gasteiger partial charge in [0.05, 0.1) is 17.8 Å². The van der Waals surface area contributed by atoms with E-state index in [1.165, 1.54) is 18.1 Å². The first-order valence-electron chi connectivity index (χ1n) is 6.43. The van der Waals surface area contributed by atoms with Gasteiger partial charge < -0.3 is 10.2 Å². The molecule has 0 aliphatic rings. The fourth-order valence-electron chi connectivity index (χ4n) is 1.54. The monoisotopic (exact) mass is 298 g/mol. The van der Waals surface area contributed by atoms with Crippen molar-refractivity contribution in [1.29, 1.82) is 0 Å². The van der Waals surface area contributed by atoms with Crippen molar-refractivity contribution in [2.45, 2.75) is 26.7 Å². The third-order valence-electron chi connectivity index (χ3n) is 2.76. The van der Waals surface area contributed by atoms with Crippen LogP contribution in [-0.4, -0.2) is 46.8 Å². The van der Waals surface area contributed by atoms with Crippen molar-refractivity contribution < 1.29 is 9.59 Å². The largest absolute Gasteiger partial charge is 0.358 e. The molecule has 1 rings (SSSR count). The van der Waals surface area contributed by atoms with Crippen LogP contribution in [0.2, 0.25) is 5.02 Å². The van der Waals surface area contributed by atoms with Gasteiger partial charge in [-0.25, -0.2) is 9.97 Å². The molecule has 6 nitrogen and oxygen atoms in total. The second-order valence-electron chi connectivity index (χ2n) is 4.57. The molecule has 0 aliphatic heterocycles. The number of nitrogens with zero attached hydrogens (tertiary/aromatic N) is 3. The third-order valence-corrected chi connectivity index (χ3v) is 3.04. The first kappa shape index (κ1) is 16.4. The molecule has 1 heterocycles. The van der Waals surface area contributed by atoms with Crippen LogP contribution in [0.5, 0.6) is 0 Å². The molecule has 0 atom stereocenters. The molecule has 0 spiro atoms. The molecule has 0 unspecified atom stereocenters. The van der Waals surface area contributed by atoms with Gasteiger partial charge in [0.2, 0.25) is 5.91 Å². The zero-order chi connectivity index (χ0) is 15.3. The van der Waals surface area contributed by atoms with E-state index in [4.69, 9.17) is 11.6 Å². The van der Waals surface area contributed by atoms with E-state index < -0.39 is 0 Å². The molecule has 0 saturated heterocycles.